The summed E-state index contributed by atoms with van der Waals surface area (Å²) < 4.78 is 33.9. The summed E-state index contributed by atoms with van der Waals surface area (Å²) in [6.07, 6.45) is -3.46. The van der Waals surface area contributed by atoms with Crippen LogP contribution in [-0.4, -0.2) is 18.7 Å². The van der Waals surface area contributed by atoms with Gasteiger partial charge in [-0.05, 0) is 12.1 Å². The van der Waals surface area contributed by atoms with E-state index in [0.717, 1.165) is 0 Å². The van der Waals surface area contributed by atoms with E-state index in [1.807, 2.05) is 0 Å². The normalized spacial score (nSPS) is 15.6. The van der Waals surface area contributed by atoms with Crippen molar-refractivity contribution >= 4 is 11.6 Å². The number of anilines is 1. The molecule has 7 heteroatoms. The zero-order chi connectivity index (χ0) is 12.5. The summed E-state index contributed by atoms with van der Waals surface area (Å²) in [6, 6.07) is 4.28. The maximum atomic E-state index is 12.7. The lowest BCUT2D eigenvalue weighted by molar-refractivity contribution is -0.286. The van der Waals surface area contributed by atoms with E-state index in [9.17, 15) is 13.6 Å². The van der Waals surface area contributed by atoms with Crippen LogP contribution in [0.15, 0.2) is 18.2 Å². The number of nitrogens with two attached hydrogens (primary N) is 1. The second kappa shape index (κ2) is 4.08. The number of fused-ring (bicyclic) bond motifs is 1. The number of rotatable bonds is 4. The third kappa shape index (κ3) is 2.74. The summed E-state index contributed by atoms with van der Waals surface area (Å²) in [5.41, 5.74) is 5.51. The molecule has 92 valence electrons. The Morgan fingerprint density at radius 2 is 2.06 bits per heavy atom. The monoisotopic (exact) mass is 244 g/mol. The van der Waals surface area contributed by atoms with Gasteiger partial charge in [0, 0.05) is 24.7 Å². The first-order valence-electron chi connectivity index (χ1n) is 4.88. The summed E-state index contributed by atoms with van der Waals surface area (Å²) in [5, 5.41) is 2.85. The first-order valence-corrected chi connectivity index (χ1v) is 4.88. The molecule has 17 heavy (non-hydrogen) atoms. The van der Waals surface area contributed by atoms with Crippen LogP contribution in [-0.2, 0) is 4.79 Å². The van der Waals surface area contributed by atoms with Gasteiger partial charge in [0.2, 0.25) is 5.91 Å². The SMILES string of the molecule is NC(=O)CCNc1ccc2c(c1)OC(F)(F)O2. The molecule has 0 saturated heterocycles. The molecular formula is C10H10F2N2O3. The van der Waals surface area contributed by atoms with Crippen LogP contribution in [0.1, 0.15) is 6.42 Å². The largest absolute Gasteiger partial charge is 0.586 e. The first kappa shape index (κ1) is 11.4. The van der Waals surface area contributed by atoms with Gasteiger partial charge in [-0.2, -0.15) is 0 Å². The Bertz CT molecular complexity index is 451. The molecule has 0 aromatic heterocycles. The molecule has 5 nitrogen and oxygen atoms in total. The quantitative estimate of drug-likeness (QED) is 0.837. The Hall–Kier alpha value is -2.05. The van der Waals surface area contributed by atoms with Crippen LogP contribution in [0, 0.1) is 0 Å². The molecule has 3 N–H and O–H groups in total. The third-order valence-corrected chi connectivity index (χ3v) is 2.10. The molecule has 1 aliphatic heterocycles. The van der Waals surface area contributed by atoms with Crippen molar-refractivity contribution in [3.05, 3.63) is 18.2 Å². The number of ether oxygens (including phenoxy) is 2. The number of hydrogen-bond acceptors (Lipinski definition) is 4. The van der Waals surface area contributed by atoms with E-state index in [4.69, 9.17) is 5.73 Å². The second-order valence-corrected chi connectivity index (χ2v) is 3.47. The van der Waals surface area contributed by atoms with Gasteiger partial charge in [0.15, 0.2) is 11.5 Å². The van der Waals surface area contributed by atoms with Crippen molar-refractivity contribution in [2.75, 3.05) is 11.9 Å². The van der Waals surface area contributed by atoms with Gasteiger partial charge in [0.05, 0.1) is 0 Å². The Balaban J connectivity index is 2.01. The van der Waals surface area contributed by atoms with Crippen molar-refractivity contribution in [1.29, 1.82) is 0 Å². The molecule has 1 aliphatic rings. The third-order valence-electron chi connectivity index (χ3n) is 2.10. The molecule has 0 saturated carbocycles. The molecule has 0 fully saturated rings. The van der Waals surface area contributed by atoms with Crippen LogP contribution in [0.5, 0.6) is 11.5 Å². The van der Waals surface area contributed by atoms with E-state index < -0.39 is 12.2 Å². The number of benzene rings is 1. The maximum absolute atomic E-state index is 12.7. The van der Waals surface area contributed by atoms with Gasteiger partial charge >= 0.3 is 6.29 Å². The molecule has 1 heterocycles. The Morgan fingerprint density at radius 1 is 1.35 bits per heavy atom. The van der Waals surface area contributed by atoms with Crippen molar-refractivity contribution in [1.82, 2.24) is 0 Å². The number of alkyl halides is 2. The van der Waals surface area contributed by atoms with E-state index in [-0.39, 0.29) is 17.9 Å². The van der Waals surface area contributed by atoms with Crippen LogP contribution in [0.2, 0.25) is 0 Å². The molecule has 1 amide bonds. The minimum atomic E-state index is -3.62. The van der Waals surface area contributed by atoms with Crippen LogP contribution in [0.25, 0.3) is 0 Å². The lowest BCUT2D eigenvalue weighted by Gasteiger charge is -2.05. The molecule has 0 radical (unpaired) electrons. The number of halogens is 2. The van der Waals surface area contributed by atoms with E-state index in [1.54, 1.807) is 6.07 Å². The van der Waals surface area contributed by atoms with Gasteiger partial charge in [0.1, 0.15) is 0 Å². The van der Waals surface area contributed by atoms with Crippen LogP contribution in [0.3, 0.4) is 0 Å². The standard InChI is InChI=1S/C10H10F2N2O3/c11-10(12)16-7-2-1-6(5-8(7)17-10)14-4-3-9(13)15/h1-2,5,14H,3-4H2,(H2,13,15). The summed E-state index contributed by atoms with van der Waals surface area (Å²) >= 11 is 0. The van der Waals surface area contributed by atoms with E-state index in [0.29, 0.717) is 12.2 Å². The molecule has 1 aromatic carbocycles. The Labute approximate surface area is 95.5 Å². The predicted octanol–water partition coefficient (Wildman–Crippen LogP) is 1.30. The molecule has 0 bridgehead atoms. The highest BCUT2D eigenvalue weighted by Gasteiger charge is 2.43. The fourth-order valence-corrected chi connectivity index (χ4v) is 1.39. The summed E-state index contributed by atoms with van der Waals surface area (Å²) in [5.74, 6) is -0.501. The zero-order valence-electron chi connectivity index (χ0n) is 8.70. The van der Waals surface area contributed by atoms with Crippen LogP contribution >= 0.6 is 0 Å². The number of hydrogen-bond donors (Lipinski definition) is 2. The summed E-state index contributed by atoms with van der Waals surface area (Å²) in [4.78, 5) is 10.5. The Morgan fingerprint density at radius 3 is 2.76 bits per heavy atom. The van der Waals surface area contributed by atoms with Gasteiger partial charge in [-0.3, -0.25) is 4.79 Å². The number of amides is 1. The molecule has 0 spiro atoms. The van der Waals surface area contributed by atoms with Crippen molar-refractivity contribution in [2.24, 2.45) is 5.73 Å². The topological polar surface area (TPSA) is 73.6 Å². The van der Waals surface area contributed by atoms with Gasteiger partial charge < -0.3 is 20.5 Å². The lowest BCUT2D eigenvalue weighted by atomic mass is 10.2. The highest BCUT2D eigenvalue weighted by molar-refractivity contribution is 5.74. The van der Waals surface area contributed by atoms with E-state index in [2.05, 4.69) is 14.8 Å². The molecular weight excluding hydrogens is 234 g/mol. The van der Waals surface area contributed by atoms with E-state index >= 15 is 0 Å². The number of carbonyl (C=O) groups excluding carboxylic acids is 1. The summed E-state index contributed by atoms with van der Waals surface area (Å²) in [6.45, 7) is 0.325. The first-order chi connectivity index (χ1) is 7.96. The van der Waals surface area contributed by atoms with E-state index in [1.165, 1.54) is 12.1 Å². The molecule has 0 atom stereocenters. The van der Waals surface area contributed by atoms with Crippen LogP contribution in [0.4, 0.5) is 14.5 Å². The molecule has 0 aliphatic carbocycles. The minimum Gasteiger partial charge on any atom is -0.395 e. The number of carbonyl (C=O) groups is 1. The second-order valence-electron chi connectivity index (χ2n) is 3.47. The van der Waals surface area contributed by atoms with Crippen molar-refractivity contribution in [3.8, 4) is 11.5 Å². The van der Waals surface area contributed by atoms with Crippen molar-refractivity contribution in [3.63, 3.8) is 0 Å². The van der Waals surface area contributed by atoms with Gasteiger partial charge in [-0.15, -0.1) is 8.78 Å². The Kier molecular flexibility index (Phi) is 2.74. The van der Waals surface area contributed by atoms with Crippen molar-refractivity contribution in [2.45, 2.75) is 12.7 Å². The predicted molar refractivity (Wildman–Crippen MR) is 54.9 cm³/mol. The summed E-state index contributed by atoms with van der Waals surface area (Å²) in [7, 11) is 0. The zero-order valence-corrected chi connectivity index (χ0v) is 8.70. The average molecular weight is 244 g/mol. The van der Waals surface area contributed by atoms with Crippen molar-refractivity contribution < 1.29 is 23.0 Å². The van der Waals surface area contributed by atoms with Gasteiger partial charge in [-0.1, -0.05) is 0 Å². The molecule has 0 unspecified atom stereocenters. The smallest absolute Gasteiger partial charge is 0.395 e. The number of primary amides is 1. The molecule has 2 rings (SSSR count). The fourth-order valence-electron chi connectivity index (χ4n) is 1.39. The minimum absolute atomic E-state index is 0.0181. The van der Waals surface area contributed by atoms with Gasteiger partial charge in [0.25, 0.3) is 0 Å². The highest BCUT2D eigenvalue weighted by atomic mass is 19.3. The average Bonchev–Trinajstić information content (AvgIpc) is 2.50. The van der Waals surface area contributed by atoms with Gasteiger partial charge in [-0.25, -0.2) is 0 Å². The lowest BCUT2D eigenvalue weighted by Crippen LogP contribution is -2.25. The molecule has 1 aromatic rings. The maximum Gasteiger partial charge on any atom is 0.586 e. The van der Waals surface area contributed by atoms with Crippen LogP contribution < -0.4 is 20.5 Å². The number of nitrogens with one attached hydrogen (secondary N) is 1. The fraction of sp³-hybridized carbons (Fsp3) is 0.300. The highest BCUT2D eigenvalue weighted by Crippen LogP contribution is 2.42.